The molecule has 0 atom stereocenters. The van der Waals surface area contributed by atoms with Crippen molar-refractivity contribution in [2.45, 2.75) is 51.5 Å². The monoisotopic (exact) mass is 541 g/mol. The van der Waals surface area contributed by atoms with Crippen molar-refractivity contribution in [2.24, 2.45) is 5.41 Å². The van der Waals surface area contributed by atoms with Gasteiger partial charge in [-0.25, -0.2) is 4.98 Å². The van der Waals surface area contributed by atoms with Crippen LogP contribution in [0.1, 0.15) is 41.0 Å². The van der Waals surface area contributed by atoms with E-state index in [1.54, 1.807) is 18.2 Å². The number of aromatic nitrogens is 2. The number of benzene rings is 2. The highest BCUT2D eigenvalue weighted by atomic mass is 35.5. The third-order valence-corrected chi connectivity index (χ3v) is 7.20. The van der Waals surface area contributed by atoms with Crippen LogP contribution in [0.2, 0.25) is 5.02 Å². The second-order valence-electron chi connectivity index (χ2n) is 10.8. The zero-order chi connectivity index (χ0) is 27.0. The van der Waals surface area contributed by atoms with Gasteiger partial charge in [0.1, 0.15) is 22.1 Å². The van der Waals surface area contributed by atoms with Crippen LogP contribution in [0.5, 0.6) is 11.5 Å². The Morgan fingerprint density at radius 3 is 2.32 bits per heavy atom. The molecule has 0 aliphatic rings. The smallest absolute Gasteiger partial charge is 0.339 e. The lowest BCUT2D eigenvalue weighted by Gasteiger charge is -2.34. The molecule has 4 rings (SSSR count). The minimum Gasteiger partial charge on any atom is -0.493 e. The summed E-state index contributed by atoms with van der Waals surface area (Å²) in [7, 11) is -2.61. The highest BCUT2D eigenvalue weighted by Crippen LogP contribution is 2.39. The average molecular weight is 542 g/mol. The van der Waals surface area contributed by atoms with Crippen molar-refractivity contribution in [2.75, 3.05) is 12.4 Å². The zero-order valence-electron chi connectivity index (χ0n) is 21.9. The lowest BCUT2D eigenvalue weighted by Crippen LogP contribution is -2.36. The van der Waals surface area contributed by atoms with Gasteiger partial charge >= 0.3 is 10.1 Å². The summed E-state index contributed by atoms with van der Waals surface area (Å²) in [5.74, 6) is 1.19. The Balaban J connectivity index is 1.74. The summed E-state index contributed by atoms with van der Waals surface area (Å²) in [6.07, 6.45) is 2.90. The molecule has 0 unspecified atom stereocenters. The van der Waals surface area contributed by atoms with Crippen LogP contribution in [0.25, 0.3) is 16.9 Å². The van der Waals surface area contributed by atoms with Crippen molar-refractivity contribution >= 4 is 33.2 Å². The number of rotatable bonds is 8. The number of methoxy groups -OCH3 is 1. The van der Waals surface area contributed by atoms with E-state index in [2.05, 4.69) is 39.9 Å². The van der Waals surface area contributed by atoms with Crippen molar-refractivity contribution in [3.63, 3.8) is 0 Å². The van der Waals surface area contributed by atoms with E-state index in [0.717, 1.165) is 29.1 Å². The van der Waals surface area contributed by atoms with Crippen LogP contribution >= 0.6 is 11.6 Å². The Labute approximate surface area is 223 Å². The van der Waals surface area contributed by atoms with Crippen LogP contribution in [0.3, 0.4) is 0 Å². The van der Waals surface area contributed by atoms with Crippen molar-refractivity contribution in [3.05, 3.63) is 71.9 Å². The molecule has 0 fully saturated rings. The summed E-state index contributed by atoms with van der Waals surface area (Å²) in [6, 6.07) is 16.7. The van der Waals surface area contributed by atoms with Gasteiger partial charge in [-0.3, -0.25) is 4.40 Å². The van der Waals surface area contributed by atoms with Gasteiger partial charge in [-0.05, 0) is 80.3 Å². The van der Waals surface area contributed by atoms with E-state index >= 15 is 0 Å². The number of nitrogens with zero attached hydrogens (tertiary/aromatic N) is 2. The van der Waals surface area contributed by atoms with Crippen LogP contribution < -0.4 is 14.2 Å². The molecule has 37 heavy (non-hydrogen) atoms. The van der Waals surface area contributed by atoms with E-state index in [0.29, 0.717) is 5.02 Å². The third-order valence-electron chi connectivity index (χ3n) is 5.70. The molecular weight excluding hydrogens is 510 g/mol. The van der Waals surface area contributed by atoms with Gasteiger partial charge in [0.05, 0.1) is 7.11 Å². The molecule has 9 heteroatoms. The van der Waals surface area contributed by atoms with E-state index in [-0.39, 0.29) is 27.3 Å². The third kappa shape index (κ3) is 6.19. The molecule has 0 amide bonds. The SMILES string of the molecule is COc1cc(-c2nc3ccccn3c2NC(C)(C)CC(C)(C)C)ccc1OS(=O)(=O)c1ccc(Cl)cc1. The standard InChI is InChI=1S/C28H32ClN3O4S/c1-27(2,3)18-28(4,5)31-26-25(30-24-9-7-8-16-32(24)26)19-10-15-22(23(17-19)35-6)36-37(33,34)21-13-11-20(29)12-14-21/h7-17,31H,18H2,1-6H3. The first-order chi connectivity index (χ1) is 17.3. The predicted molar refractivity (Wildman–Crippen MR) is 148 cm³/mol. The van der Waals surface area contributed by atoms with Crippen molar-refractivity contribution in [3.8, 4) is 22.8 Å². The van der Waals surface area contributed by atoms with Gasteiger partial charge in [0.15, 0.2) is 11.5 Å². The van der Waals surface area contributed by atoms with Crippen LogP contribution in [-0.2, 0) is 10.1 Å². The quantitative estimate of drug-likeness (QED) is 0.240. The van der Waals surface area contributed by atoms with Gasteiger partial charge in [0.25, 0.3) is 0 Å². The van der Waals surface area contributed by atoms with E-state index in [1.807, 2.05) is 28.8 Å². The molecule has 4 aromatic rings. The maximum absolute atomic E-state index is 12.8. The van der Waals surface area contributed by atoms with Crippen LogP contribution in [0.4, 0.5) is 5.82 Å². The molecule has 0 saturated carbocycles. The predicted octanol–water partition coefficient (Wildman–Crippen LogP) is 7.06. The van der Waals surface area contributed by atoms with Gasteiger partial charge in [-0.15, -0.1) is 0 Å². The summed E-state index contributed by atoms with van der Waals surface area (Å²) in [6.45, 7) is 11.0. The summed E-state index contributed by atoms with van der Waals surface area (Å²) in [5.41, 5.74) is 2.16. The lowest BCUT2D eigenvalue weighted by atomic mass is 9.82. The second-order valence-corrected chi connectivity index (χ2v) is 12.8. The number of imidazole rings is 1. The fourth-order valence-corrected chi connectivity index (χ4v) is 5.72. The summed E-state index contributed by atoms with van der Waals surface area (Å²) >= 11 is 5.89. The minimum absolute atomic E-state index is 0.00375. The van der Waals surface area contributed by atoms with E-state index in [1.165, 1.54) is 31.4 Å². The van der Waals surface area contributed by atoms with Crippen molar-refractivity contribution in [1.29, 1.82) is 0 Å². The van der Waals surface area contributed by atoms with Crippen LogP contribution in [-0.4, -0.2) is 30.5 Å². The minimum atomic E-state index is -4.08. The Morgan fingerprint density at radius 1 is 0.973 bits per heavy atom. The number of anilines is 1. The highest BCUT2D eigenvalue weighted by Gasteiger charge is 2.28. The molecule has 0 aliphatic heterocycles. The maximum Gasteiger partial charge on any atom is 0.339 e. The topological polar surface area (TPSA) is 81.9 Å². The van der Waals surface area contributed by atoms with Crippen molar-refractivity contribution in [1.82, 2.24) is 9.38 Å². The Bertz CT molecular complexity index is 1520. The fraction of sp³-hybridized carbons (Fsp3) is 0.321. The molecule has 2 aromatic heterocycles. The first-order valence-corrected chi connectivity index (χ1v) is 13.7. The van der Waals surface area contributed by atoms with Gasteiger partial charge < -0.3 is 14.2 Å². The number of pyridine rings is 1. The molecule has 2 heterocycles. The Hall–Kier alpha value is -3.23. The first kappa shape index (κ1) is 26.8. The summed E-state index contributed by atoms with van der Waals surface area (Å²) in [5, 5.41) is 4.14. The van der Waals surface area contributed by atoms with Crippen molar-refractivity contribution < 1.29 is 17.3 Å². The molecule has 0 aliphatic carbocycles. The number of hydrogen-bond donors (Lipinski definition) is 1. The molecule has 0 saturated heterocycles. The normalized spacial score (nSPS) is 12.5. The number of ether oxygens (including phenoxy) is 1. The largest absolute Gasteiger partial charge is 0.493 e. The van der Waals surface area contributed by atoms with Gasteiger partial charge in [-0.2, -0.15) is 8.42 Å². The molecule has 0 radical (unpaired) electrons. The van der Waals surface area contributed by atoms with Gasteiger partial charge in [0, 0.05) is 22.3 Å². The number of hydrogen-bond acceptors (Lipinski definition) is 6. The second kappa shape index (κ2) is 9.91. The molecule has 2 aromatic carbocycles. The molecule has 0 spiro atoms. The zero-order valence-corrected chi connectivity index (χ0v) is 23.4. The fourth-order valence-electron chi connectivity index (χ4n) is 4.66. The Morgan fingerprint density at radius 2 is 1.68 bits per heavy atom. The van der Waals surface area contributed by atoms with Crippen LogP contribution in [0.15, 0.2) is 71.8 Å². The van der Waals surface area contributed by atoms with E-state index in [4.69, 9.17) is 25.5 Å². The van der Waals surface area contributed by atoms with Crippen LogP contribution in [0, 0.1) is 5.41 Å². The first-order valence-electron chi connectivity index (χ1n) is 11.9. The molecular formula is C28H32ClN3O4S. The van der Waals surface area contributed by atoms with Gasteiger partial charge in [0.2, 0.25) is 0 Å². The molecule has 1 N–H and O–H groups in total. The summed E-state index contributed by atoms with van der Waals surface area (Å²) in [4.78, 5) is 4.87. The number of halogens is 1. The number of fused-ring (bicyclic) bond motifs is 1. The number of nitrogens with one attached hydrogen (secondary N) is 1. The molecule has 196 valence electrons. The Kier molecular flexibility index (Phi) is 7.18. The van der Waals surface area contributed by atoms with Gasteiger partial charge in [-0.1, -0.05) is 38.4 Å². The highest BCUT2D eigenvalue weighted by molar-refractivity contribution is 7.87. The maximum atomic E-state index is 12.8. The lowest BCUT2D eigenvalue weighted by molar-refractivity contribution is 0.302. The summed E-state index contributed by atoms with van der Waals surface area (Å²) < 4.78 is 38.6. The average Bonchev–Trinajstić information content (AvgIpc) is 3.15. The molecule has 0 bridgehead atoms. The van der Waals surface area contributed by atoms with E-state index < -0.39 is 10.1 Å². The molecule has 7 nitrogen and oxygen atoms in total. The van der Waals surface area contributed by atoms with E-state index in [9.17, 15) is 8.42 Å².